The molecule has 128 valence electrons. The molecule has 25 heavy (non-hydrogen) atoms. The molecular formula is C21H23N3O. The van der Waals surface area contributed by atoms with Crippen molar-refractivity contribution in [3.8, 4) is 11.3 Å². The number of rotatable bonds is 3. The summed E-state index contributed by atoms with van der Waals surface area (Å²) in [6.07, 6.45) is 0. The first-order valence-corrected chi connectivity index (χ1v) is 8.88. The van der Waals surface area contributed by atoms with Crippen LogP contribution in [0.15, 0.2) is 48.5 Å². The van der Waals surface area contributed by atoms with Crippen molar-refractivity contribution in [2.75, 3.05) is 26.3 Å². The Kier molecular flexibility index (Phi) is 4.47. The SMILES string of the molecule is Cc1nc(-c2ccc(C(C)N3CCOCC3)cc2)c2ccccc2n1. The van der Waals surface area contributed by atoms with E-state index in [9.17, 15) is 0 Å². The van der Waals surface area contributed by atoms with Crippen molar-refractivity contribution < 1.29 is 4.74 Å². The highest BCUT2D eigenvalue weighted by Crippen LogP contribution is 2.28. The standard InChI is InChI=1S/C21H23N3O/c1-15(24-11-13-25-14-12-24)17-7-9-18(10-8-17)21-19-5-3-4-6-20(19)22-16(2)23-21/h3-10,15H,11-14H2,1-2H3. The first kappa shape index (κ1) is 16.2. The molecule has 0 radical (unpaired) electrons. The molecule has 1 aliphatic rings. The molecule has 1 unspecified atom stereocenters. The van der Waals surface area contributed by atoms with Crippen LogP contribution in [0.25, 0.3) is 22.2 Å². The molecule has 1 atom stereocenters. The van der Waals surface area contributed by atoms with Crippen molar-refractivity contribution in [3.05, 3.63) is 59.9 Å². The summed E-state index contributed by atoms with van der Waals surface area (Å²) >= 11 is 0. The number of hydrogen-bond acceptors (Lipinski definition) is 4. The van der Waals surface area contributed by atoms with Crippen molar-refractivity contribution in [2.24, 2.45) is 0 Å². The van der Waals surface area contributed by atoms with E-state index in [1.54, 1.807) is 0 Å². The monoisotopic (exact) mass is 333 g/mol. The summed E-state index contributed by atoms with van der Waals surface area (Å²) in [5.41, 5.74) is 4.48. The van der Waals surface area contributed by atoms with Crippen LogP contribution in [0.2, 0.25) is 0 Å². The van der Waals surface area contributed by atoms with E-state index in [0.29, 0.717) is 6.04 Å². The molecule has 2 heterocycles. The number of morpholine rings is 1. The van der Waals surface area contributed by atoms with Crippen LogP contribution in [0.4, 0.5) is 0 Å². The number of fused-ring (bicyclic) bond motifs is 1. The predicted molar refractivity (Wildman–Crippen MR) is 101 cm³/mol. The maximum Gasteiger partial charge on any atom is 0.126 e. The fourth-order valence-corrected chi connectivity index (χ4v) is 3.51. The van der Waals surface area contributed by atoms with Gasteiger partial charge in [0.2, 0.25) is 0 Å². The minimum Gasteiger partial charge on any atom is -0.379 e. The third-order valence-corrected chi connectivity index (χ3v) is 4.97. The van der Waals surface area contributed by atoms with E-state index in [0.717, 1.165) is 54.3 Å². The predicted octanol–water partition coefficient (Wildman–Crippen LogP) is 4.00. The Hall–Kier alpha value is -2.30. The van der Waals surface area contributed by atoms with Crippen molar-refractivity contribution in [1.82, 2.24) is 14.9 Å². The number of para-hydroxylation sites is 1. The van der Waals surface area contributed by atoms with Gasteiger partial charge in [0.25, 0.3) is 0 Å². The molecule has 2 aromatic carbocycles. The molecule has 0 bridgehead atoms. The van der Waals surface area contributed by atoms with E-state index in [1.165, 1.54) is 5.56 Å². The van der Waals surface area contributed by atoms with E-state index in [1.807, 2.05) is 25.1 Å². The Morgan fingerprint density at radius 2 is 1.68 bits per heavy atom. The minimum absolute atomic E-state index is 0.404. The molecule has 4 nitrogen and oxygen atoms in total. The zero-order valence-corrected chi connectivity index (χ0v) is 14.8. The minimum atomic E-state index is 0.404. The molecule has 0 saturated carbocycles. The number of aryl methyl sites for hydroxylation is 1. The smallest absolute Gasteiger partial charge is 0.126 e. The molecule has 1 fully saturated rings. The highest BCUT2D eigenvalue weighted by molar-refractivity contribution is 5.92. The maximum absolute atomic E-state index is 5.46. The zero-order chi connectivity index (χ0) is 17.2. The second-order valence-electron chi connectivity index (χ2n) is 6.58. The second kappa shape index (κ2) is 6.90. The van der Waals surface area contributed by atoms with Gasteiger partial charge in [-0.3, -0.25) is 4.90 Å². The molecule has 1 saturated heterocycles. The molecule has 1 aliphatic heterocycles. The Morgan fingerprint density at radius 3 is 2.44 bits per heavy atom. The van der Waals surface area contributed by atoms with E-state index >= 15 is 0 Å². The quantitative estimate of drug-likeness (QED) is 0.726. The molecule has 4 heteroatoms. The normalized spacial score (nSPS) is 16.9. The van der Waals surface area contributed by atoms with Crippen LogP contribution in [0.3, 0.4) is 0 Å². The highest BCUT2D eigenvalue weighted by atomic mass is 16.5. The molecule has 4 rings (SSSR count). The average Bonchev–Trinajstić information content (AvgIpc) is 2.67. The van der Waals surface area contributed by atoms with Gasteiger partial charge in [-0.05, 0) is 25.5 Å². The lowest BCUT2D eigenvalue weighted by atomic mass is 10.0. The summed E-state index contributed by atoms with van der Waals surface area (Å²) in [5, 5.41) is 1.10. The Morgan fingerprint density at radius 1 is 0.960 bits per heavy atom. The summed E-state index contributed by atoms with van der Waals surface area (Å²) in [5.74, 6) is 0.805. The van der Waals surface area contributed by atoms with Gasteiger partial charge in [-0.25, -0.2) is 9.97 Å². The molecule has 3 aromatic rings. The van der Waals surface area contributed by atoms with Crippen LogP contribution in [0, 0.1) is 6.92 Å². The highest BCUT2D eigenvalue weighted by Gasteiger charge is 2.18. The lowest BCUT2D eigenvalue weighted by molar-refractivity contribution is 0.0198. The van der Waals surface area contributed by atoms with Crippen LogP contribution >= 0.6 is 0 Å². The summed E-state index contributed by atoms with van der Waals surface area (Å²) in [6, 6.07) is 17.4. The van der Waals surface area contributed by atoms with Gasteiger partial charge >= 0.3 is 0 Å². The largest absolute Gasteiger partial charge is 0.379 e. The summed E-state index contributed by atoms with van der Waals surface area (Å²) in [7, 11) is 0. The lowest BCUT2D eigenvalue weighted by Crippen LogP contribution is -2.37. The van der Waals surface area contributed by atoms with Crippen LogP contribution in [0.1, 0.15) is 24.4 Å². The van der Waals surface area contributed by atoms with E-state index < -0.39 is 0 Å². The summed E-state index contributed by atoms with van der Waals surface area (Å²) in [6.45, 7) is 7.87. The Labute approximate surface area is 148 Å². The topological polar surface area (TPSA) is 38.2 Å². The Balaban J connectivity index is 1.66. The maximum atomic E-state index is 5.46. The van der Waals surface area contributed by atoms with Gasteiger partial charge in [-0.1, -0.05) is 42.5 Å². The molecular weight excluding hydrogens is 310 g/mol. The van der Waals surface area contributed by atoms with Gasteiger partial charge in [-0.15, -0.1) is 0 Å². The van der Waals surface area contributed by atoms with Crippen LogP contribution in [0.5, 0.6) is 0 Å². The molecule has 1 aromatic heterocycles. The lowest BCUT2D eigenvalue weighted by Gasteiger charge is -2.32. The molecule has 0 spiro atoms. The second-order valence-corrected chi connectivity index (χ2v) is 6.58. The molecule has 0 aliphatic carbocycles. The van der Waals surface area contributed by atoms with Crippen LogP contribution in [-0.4, -0.2) is 41.2 Å². The Bertz CT molecular complexity index is 870. The first-order chi connectivity index (χ1) is 12.2. The average molecular weight is 333 g/mol. The van der Waals surface area contributed by atoms with Gasteiger partial charge in [0.1, 0.15) is 5.82 Å². The van der Waals surface area contributed by atoms with Crippen LogP contribution in [-0.2, 0) is 4.74 Å². The van der Waals surface area contributed by atoms with Crippen molar-refractivity contribution in [3.63, 3.8) is 0 Å². The van der Waals surface area contributed by atoms with Crippen molar-refractivity contribution in [1.29, 1.82) is 0 Å². The van der Waals surface area contributed by atoms with Gasteiger partial charge in [0, 0.05) is 30.1 Å². The van der Waals surface area contributed by atoms with E-state index in [-0.39, 0.29) is 0 Å². The number of hydrogen-bond donors (Lipinski definition) is 0. The van der Waals surface area contributed by atoms with E-state index in [4.69, 9.17) is 9.72 Å². The van der Waals surface area contributed by atoms with E-state index in [2.05, 4.69) is 47.1 Å². The zero-order valence-electron chi connectivity index (χ0n) is 14.8. The molecule has 0 N–H and O–H groups in total. The van der Waals surface area contributed by atoms with Gasteiger partial charge in [0.05, 0.1) is 24.4 Å². The van der Waals surface area contributed by atoms with Crippen molar-refractivity contribution >= 4 is 10.9 Å². The summed E-state index contributed by atoms with van der Waals surface area (Å²) < 4.78 is 5.46. The third kappa shape index (κ3) is 3.28. The fraction of sp³-hybridized carbons (Fsp3) is 0.333. The van der Waals surface area contributed by atoms with Gasteiger partial charge in [-0.2, -0.15) is 0 Å². The first-order valence-electron chi connectivity index (χ1n) is 8.88. The number of benzene rings is 2. The third-order valence-electron chi connectivity index (χ3n) is 4.97. The molecule has 0 amide bonds. The summed E-state index contributed by atoms with van der Waals surface area (Å²) in [4.78, 5) is 11.7. The number of aromatic nitrogens is 2. The van der Waals surface area contributed by atoms with Gasteiger partial charge in [0.15, 0.2) is 0 Å². The van der Waals surface area contributed by atoms with Crippen LogP contribution < -0.4 is 0 Å². The number of nitrogens with zero attached hydrogens (tertiary/aromatic N) is 3. The van der Waals surface area contributed by atoms with Crippen molar-refractivity contribution in [2.45, 2.75) is 19.9 Å². The number of ether oxygens (including phenoxy) is 1. The fourth-order valence-electron chi connectivity index (χ4n) is 3.51. The van der Waals surface area contributed by atoms with Gasteiger partial charge < -0.3 is 4.74 Å².